The highest BCUT2D eigenvalue weighted by molar-refractivity contribution is 8.00. The van der Waals surface area contributed by atoms with Gasteiger partial charge >= 0.3 is 6.18 Å². The molecule has 150 valence electrons. The smallest absolute Gasteiger partial charge is 0.417 e. The molecule has 0 aliphatic rings. The van der Waals surface area contributed by atoms with E-state index in [2.05, 4.69) is 10.3 Å². The first-order chi connectivity index (χ1) is 13.9. The number of thioether (sulfide) groups is 1. The van der Waals surface area contributed by atoms with Gasteiger partial charge in [0.2, 0.25) is 5.91 Å². The first-order valence-electron chi connectivity index (χ1n) is 8.56. The van der Waals surface area contributed by atoms with Crippen LogP contribution in [0, 0.1) is 0 Å². The molecule has 0 aliphatic carbocycles. The van der Waals surface area contributed by atoms with Gasteiger partial charge in [-0.25, -0.2) is 4.98 Å². The Hall–Kier alpha value is -3.00. The van der Waals surface area contributed by atoms with Crippen LogP contribution in [0.2, 0.25) is 0 Å². The zero-order valence-corrected chi connectivity index (χ0v) is 16.1. The second-order valence-electron chi connectivity index (χ2n) is 6.01. The van der Waals surface area contributed by atoms with Gasteiger partial charge in [0.1, 0.15) is 11.0 Å². The first kappa shape index (κ1) is 20.7. The molecule has 0 saturated carbocycles. The summed E-state index contributed by atoms with van der Waals surface area (Å²) >= 11 is 1.08. The molecule has 29 heavy (non-hydrogen) atoms. The van der Waals surface area contributed by atoms with Gasteiger partial charge in [0.15, 0.2) is 0 Å². The number of methoxy groups -OCH3 is 1. The van der Waals surface area contributed by atoms with E-state index in [0.717, 1.165) is 24.0 Å². The van der Waals surface area contributed by atoms with Crippen LogP contribution in [0.4, 0.5) is 18.9 Å². The fourth-order valence-corrected chi connectivity index (χ4v) is 3.51. The summed E-state index contributed by atoms with van der Waals surface area (Å²) in [4.78, 5) is 16.8. The monoisotopic (exact) mass is 418 g/mol. The minimum atomic E-state index is -4.46. The number of amides is 1. The number of anilines is 1. The molecule has 0 spiro atoms. The van der Waals surface area contributed by atoms with E-state index in [4.69, 9.17) is 4.74 Å². The molecule has 0 aliphatic heterocycles. The summed E-state index contributed by atoms with van der Waals surface area (Å²) in [5.41, 5.74) is 0.426. The third-order valence-electron chi connectivity index (χ3n) is 3.98. The number of ether oxygens (including phenoxy) is 1. The number of hydrogen-bond donors (Lipinski definition) is 1. The molecule has 1 atom stereocenters. The zero-order valence-electron chi connectivity index (χ0n) is 15.3. The molecule has 1 aromatic heterocycles. The summed E-state index contributed by atoms with van der Waals surface area (Å²) in [5.74, 6) is 0.271. The molecule has 0 fully saturated rings. The van der Waals surface area contributed by atoms with E-state index in [1.165, 1.54) is 13.2 Å². The van der Waals surface area contributed by atoms with Crippen molar-refractivity contribution in [2.75, 3.05) is 12.4 Å². The zero-order chi connectivity index (χ0) is 20.9. The number of nitrogens with zero attached hydrogens (tertiary/aromatic N) is 1. The van der Waals surface area contributed by atoms with Crippen LogP contribution in [0.3, 0.4) is 0 Å². The van der Waals surface area contributed by atoms with E-state index in [9.17, 15) is 18.0 Å². The number of nitrogens with one attached hydrogen (secondary N) is 1. The summed E-state index contributed by atoms with van der Waals surface area (Å²) < 4.78 is 43.4. The van der Waals surface area contributed by atoms with Crippen LogP contribution in [0.5, 0.6) is 5.75 Å². The predicted octanol–water partition coefficient (Wildman–Crippen LogP) is 5.58. The summed E-state index contributed by atoms with van der Waals surface area (Å²) in [7, 11) is 1.53. The van der Waals surface area contributed by atoms with Gasteiger partial charge in [0, 0.05) is 18.0 Å². The molecule has 0 bridgehead atoms. The third-order valence-corrected chi connectivity index (χ3v) is 5.18. The Balaban J connectivity index is 1.84. The average molecular weight is 418 g/mol. The van der Waals surface area contributed by atoms with Crippen LogP contribution in [0.25, 0.3) is 0 Å². The van der Waals surface area contributed by atoms with Gasteiger partial charge in [-0.1, -0.05) is 48.2 Å². The molecule has 2 aromatic carbocycles. The van der Waals surface area contributed by atoms with Gasteiger partial charge < -0.3 is 10.1 Å². The summed E-state index contributed by atoms with van der Waals surface area (Å²) in [6.07, 6.45) is -3.69. The van der Waals surface area contributed by atoms with Crippen LogP contribution in [0.1, 0.15) is 16.4 Å². The number of pyridine rings is 1. The van der Waals surface area contributed by atoms with Crippen LogP contribution < -0.4 is 10.1 Å². The predicted molar refractivity (Wildman–Crippen MR) is 106 cm³/mol. The van der Waals surface area contributed by atoms with E-state index >= 15 is 0 Å². The maximum Gasteiger partial charge on any atom is 0.417 e. The van der Waals surface area contributed by atoms with Crippen LogP contribution in [-0.4, -0.2) is 18.0 Å². The molecule has 8 heteroatoms. The highest BCUT2D eigenvalue weighted by Crippen LogP contribution is 2.37. The molecular formula is C21H17F3N2O2S. The lowest BCUT2D eigenvalue weighted by Crippen LogP contribution is -2.19. The van der Waals surface area contributed by atoms with Crippen molar-refractivity contribution in [3.63, 3.8) is 0 Å². The Morgan fingerprint density at radius 2 is 1.83 bits per heavy atom. The molecule has 1 unspecified atom stereocenters. The fraction of sp³-hybridized carbons (Fsp3) is 0.143. The van der Waals surface area contributed by atoms with Crippen molar-refractivity contribution >= 4 is 23.4 Å². The van der Waals surface area contributed by atoms with Gasteiger partial charge in [-0.15, -0.1) is 0 Å². The van der Waals surface area contributed by atoms with Crippen LogP contribution in [0.15, 0.2) is 78.0 Å². The Kier molecular flexibility index (Phi) is 6.43. The van der Waals surface area contributed by atoms with Crippen LogP contribution in [-0.2, 0) is 11.0 Å². The van der Waals surface area contributed by atoms with Gasteiger partial charge in [-0.05, 0) is 29.8 Å². The van der Waals surface area contributed by atoms with Crippen molar-refractivity contribution in [2.24, 2.45) is 0 Å². The summed E-state index contributed by atoms with van der Waals surface area (Å²) in [5, 5.41) is 2.43. The summed E-state index contributed by atoms with van der Waals surface area (Å²) in [6.45, 7) is 0. The Labute approximate surface area is 170 Å². The van der Waals surface area contributed by atoms with E-state index in [0.29, 0.717) is 22.0 Å². The van der Waals surface area contributed by atoms with Gasteiger partial charge in [0.25, 0.3) is 0 Å². The second-order valence-corrected chi connectivity index (χ2v) is 7.14. The van der Waals surface area contributed by atoms with E-state index in [1.54, 1.807) is 48.5 Å². The highest BCUT2D eigenvalue weighted by Gasteiger charge is 2.31. The lowest BCUT2D eigenvalue weighted by atomic mass is 10.1. The molecular weight excluding hydrogens is 401 g/mol. The first-order valence-corrected chi connectivity index (χ1v) is 9.44. The molecule has 3 aromatic rings. The Morgan fingerprint density at radius 1 is 1.07 bits per heavy atom. The largest absolute Gasteiger partial charge is 0.497 e. The van der Waals surface area contributed by atoms with Crippen molar-refractivity contribution in [1.29, 1.82) is 0 Å². The molecule has 1 amide bonds. The maximum absolute atomic E-state index is 13.0. The van der Waals surface area contributed by atoms with Crippen LogP contribution >= 0.6 is 11.8 Å². The Morgan fingerprint density at radius 3 is 2.45 bits per heavy atom. The highest BCUT2D eigenvalue weighted by atomic mass is 32.2. The van der Waals surface area contributed by atoms with E-state index in [1.807, 2.05) is 6.07 Å². The third kappa shape index (κ3) is 5.51. The normalized spacial score (nSPS) is 12.3. The number of aromatic nitrogens is 1. The molecule has 1 heterocycles. The number of carbonyl (C=O) groups is 1. The SMILES string of the molecule is COc1cccc(NC(=O)C(Sc2ccc(C(F)(F)F)cn2)c2ccccc2)c1. The number of benzene rings is 2. The number of hydrogen-bond acceptors (Lipinski definition) is 4. The van der Waals surface area contributed by atoms with Gasteiger partial charge in [-0.2, -0.15) is 13.2 Å². The van der Waals surface area contributed by atoms with E-state index < -0.39 is 17.0 Å². The van der Waals surface area contributed by atoms with Crippen molar-refractivity contribution in [3.05, 3.63) is 84.1 Å². The maximum atomic E-state index is 13.0. The number of rotatable bonds is 6. The lowest BCUT2D eigenvalue weighted by Gasteiger charge is -2.17. The minimum absolute atomic E-state index is 0.313. The minimum Gasteiger partial charge on any atom is -0.497 e. The molecule has 0 radical (unpaired) electrons. The molecule has 1 N–H and O–H groups in total. The average Bonchev–Trinajstić information content (AvgIpc) is 2.72. The van der Waals surface area contributed by atoms with Crippen molar-refractivity contribution in [3.8, 4) is 5.75 Å². The second kappa shape index (κ2) is 9.00. The van der Waals surface area contributed by atoms with Crippen molar-refractivity contribution in [2.45, 2.75) is 16.5 Å². The molecule has 3 rings (SSSR count). The molecule has 0 saturated heterocycles. The quantitative estimate of drug-likeness (QED) is 0.531. The standard InChI is InChI=1S/C21H17F3N2O2S/c1-28-17-9-5-8-16(12-17)26-20(27)19(14-6-3-2-4-7-14)29-18-11-10-15(13-25-18)21(22,23)24/h2-13,19H,1H3,(H,26,27). The number of carbonyl (C=O) groups excluding carboxylic acids is 1. The van der Waals surface area contributed by atoms with Gasteiger partial charge in [0.05, 0.1) is 17.7 Å². The topological polar surface area (TPSA) is 51.2 Å². The lowest BCUT2D eigenvalue weighted by molar-refractivity contribution is -0.137. The van der Waals surface area contributed by atoms with E-state index in [-0.39, 0.29) is 5.91 Å². The number of halogens is 3. The molecule has 4 nitrogen and oxygen atoms in total. The number of alkyl halides is 3. The van der Waals surface area contributed by atoms with Gasteiger partial charge in [-0.3, -0.25) is 4.79 Å². The van der Waals surface area contributed by atoms with Crippen molar-refractivity contribution in [1.82, 2.24) is 4.98 Å². The van der Waals surface area contributed by atoms with Crippen molar-refractivity contribution < 1.29 is 22.7 Å². The Bertz CT molecular complexity index is 964. The fourth-order valence-electron chi connectivity index (χ4n) is 2.55. The summed E-state index contributed by atoms with van der Waals surface area (Å²) in [6, 6.07) is 18.1.